The van der Waals surface area contributed by atoms with E-state index in [-0.39, 0.29) is 25.1 Å². The van der Waals surface area contributed by atoms with Crippen molar-refractivity contribution >= 4 is 17.9 Å². The molecule has 0 bridgehead atoms. The number of carboxylic acids is 1. The number of aliphatic carboxylic acids is 1. The highest BCUT2D eigenvalue weighted by Gasteiger charge is 2.38. The van der Waals surface area contributed by atoms with Crippen molar-refractivity contribution in [1.82, 2.24) is 9.55 Å². The third-order valence-electron chi connectivity index (χ3n) is 2.81. The molecule has 1 aromatic rings. The number of aromatic nitrogens is 2. The first-order chi connectivity index (χ1) is 12.9. The highest BCUT2D eigenvalue weighted by molar-refractivity contribution is 5.73. The number of carboxylic acid groups (broad SMARTS) is 1. The van der Waals surface area contributed by atoms with Crippen LogP contribution in [0.4, 0.5) is 23.8 Å². The van der Waals surface area contributed by atoms with Gasteiger partial charge in [-0.05, 0) is 19.9 Å². The molecule has 2 heterocycles. The topological polar surface area (TPSA) is 152 Å². The molecule has 1 aliphatic heterocycles. The van der Waals surface area contributed by atoms with E-state index in [0.29, 0.717) is 0 Å². The van der Waals surface area contributed by atoms with Gasteiger partial charge in [0.05, 0.1) is 12.7 Å². The van der Waals surface area contributed by atoms with Crippen molar-refractivity contribution in [2.45, 2.75) is 38.6 Å². The zero-order valence-electron chi connectivity index (χ0n) is 14.7. The van der Waals surface area contributed by atoms with Crippen LogP contribution in [-0.4, -0.2) is 58.6 Å². The van der Waals surface area contributed by atoms with Crippen LogP contribution < -0.4 is 11.4 Å². The third-order valence-corrected chi connectivity index (χ3v) is 2.81. The Bertz CT molecular complexity index is 737. The first-order valence-corrected chi connectivity index (χ1v) is 7.65. The lowest BCUT2D eigenvalue weighted by Gasteiger charge is -2.14. The van der Waals surface area contributed by atoms with E-state index in [1.807, 2.05) is 0 Å². The number of carbonyl (C=O) groups is 2. The normalized spacial score (nSPS) is 18.9. The molecule has 1 fully saturated rings. The molecule has 28 heavy (non-hydrogen) atoms. The van der Waals surface area contributed by atoms with Crippen LogP contribution in [-0.2, 0) is 23.7 Å². The van der Waals surface area contributed by atoms with E-state index < -0.39 is 36.5 Å². The number of nitrogens with two attached hydrogens (primary N) is 1. The van der Waals surface area contributed by atoms with Crippen molar-refractivity contribution in [3.05, 3.63) is 22.7 Å². The molecule has 0 aliphatic carbocycles. The summed E-state index contributed by atoms with van der Waals surface area (Å²) >= 11 is 0. The first-order valence-electron chi connectivity index (χ1n) is 7.65. The minimum atomic E-state index is -5.08. The predicted octanol–water partition coefficient (Wildman–Crippen LogP) is 0.892. The lowest BCUT2D eigenvalue weighted by atomic mass is 10.5. The number of halogens is 3. The number of nitrogen functional groups attached to an aromatic ring is 1. The van der Waals surface area contributed by atoms with Gasteiger partial charge in [-0.3, -0.25) is 4.57 Å². The number of alkyl halides is 3. The van der Waals surface area contributed by atoms with Crippen molar-refractivity contribution in [2.24, 2.45) is 0 Å². The second kappa shape index (κ2) is 9.89. The van der Waals surface area contributed by atoms with Gasteiger partial charge in [-0.15, -0.1) is 0 Å². The maximum atomic E-state index is 11.7. The van der Waals surface area contributed by atoms with Crippen molar-refractivity contribution < 1.29 is 46.8 Å². The second-order valence-electron chi connectivity index (χ2n) is 5.43. The smallest absolute Gasteiger partial charge is 0.475 e. The monoisotopic (exact) mass is 413 g/mol. The lowest BCUT2D eigenvalue weighted by Crippen LogP contribution is -2.29. The summed E-state index contributed by atoms with van der Waals surface area (Å²) in [7, 11) is 0. The molecule has 2 rings (SSSR count). The van der Waals surface area contributed by atoms with E-state index in [0.717, 1.165) is 0 Å². The van der Waals surface area contributed by atoms with Crippen molar-refractivity contribution in [1.29, 1.82) is 0 Å². The Morgan fingerprint density at radius 2 is 2.07 bits per heavy atom. The summed E-state index contributed by atoms with van der Waals surface area (Å²) in [5, 5.41) is 7.12. The van der Waals surface area contributed by atoms with Crippen molar-refractivity contribution in [3.8, 4) is 0 Å². The molecule has 0 spiro atoms. The molecule has 0 amide bonds. The van der Waals surface area contributed by atoms with Crippen molar-refractivity contribution in [3.63, 3.8) is 0 Å². The lowest BCUT2D eigenvalue weighted by molar-refractivity contribution is -0.192. The van der Waals surface area contributed by atoms with Crippen LogP contribution >= 0.6 is 0 Å². The van der Waals surface area contributed by atoms with E-state index in [1.165, 1.54) is 16.8 Å². The molecule has 158 valence electrons. The van der Waals surface area contributed by atoms with Crippen LogP contribution in [0.1, 0.15) is 20.1 Å². The number of hydrogen-bond donors (Lipinski definition) is 2. The summed E-state index contributed by atoms with van der Waals surface area (Å²) in [6.07, 6.45) is -6.09. The molecule has 11 nitrogen and oxygen atoms in total. The number of carbonyl (C=O) groups excluding carboxylic acids is 1. The number of hydrogen-bond acceptors (Lipinski definition) is 9. The second-order valence-corrected chi connectivity index (χ2v) is 5.43. The fraction of sp³-hybridized carbons (Fsp3) is 0.571. The molecular formula is C14H18F3N3O8. The highest BCUT2D eigenvalue weighted by atomic mass is 19.4. The summed E-state index contributed by atoms with van der Waals surface area (Å²) in [5.41, 5.74) is 4.87. The molecule has 1 aliphatic rings. The zero-order chi connectivity index (χ0) is 21.5. The van der Waals surface area contributed by atoms with E-state index >= 15 is 0 Å². The van der Waals surface area contributed by atoms with Crippen LogP contribution in [0, 0.1) is 0 Å². The number of anilines is 1. The fourth-order valence-electron chi connectivity index (χ4n) is 1.68. The molecular weight excluding hydrogens is 395 g/mol. The van der Waals surface area contributed by atoms with Gasteiger partial charge >= 0.3 is 24.0 Å². The highest BCUT2D eigenvalue weighted by Crippen LogP contribution is 2.19. The van der Waals surface area contributed by atoms with Crippen LogP contribution in [0.3, 0.4) is 0 Å². The minimum Gasteiger partial charge on any atom is -0.475 e. The molecule has 0 saturated carbocycles. The largest absolute Gasteiger partial charge is 0.508 e. The van der Waals surface area contributed by atoms with Crippen LogP contribution in [0.2, 0.25) is 0 Å². The number of ether oxygens (including phenoxy) is 4. The summed E-state index contributed by atoms with van der Waals surface area (Å²) in [4.78, 5) is 35.4. The summed E-state index contributed by atoms with van der Waals surface area (Å²) in [6.45, 7) is 3.43. The summed E-state index contributed by atoms with van der Waals surface area (Å²) in [6, 6.07) is 1.48. The number of rotatable bonds is 4. The minimum absolute atomic E-state index is 0.126. The first kappa shape index (κ1) is 23.2. The van der Waals surface area contributed by atoms with Gasteiger partial charge < -0.3 is 29.8 Å². The third kappa shape index (κ3) is 7.79. The van der Waals surface area contributed by atoms with Gasteiger partial charge in [-0.1, -0.05) is 0 Å². The maximum Gasteiger partial charge on any atom is 0.508 e. The Hall–Kier alpha value is -2.87. The Balaban J connectivity index is 0.000000480. The van der Waals surface area contributed by atoms with Gasteiger partial charge in [-0.2, -0.15) is 18.2 Å². The average molecular weight is 413 g/mol. The van der Waals surface area contributed by atoms with Gasteiger partial charge in [0.1, 0.15) is 12.4 Å². The van der Waals surface area contributed by atoms with Gasteiger partial charge in [0, 0.05) is 6.20 Å². The van der Waals surface area contributed by atoms with Crippen LogP contribution in [0.15, 0.2) is 17.1 Å². The predicted molar refractivity (Wildman–Crippen MR) is 84.0 cm³/mol. The molecule has 1 saturated heterocycles. The van der Waals surface area contributed by atoms with Gasteiger partial charge in [0.15, 0.2) is 12.5 Å². The molecule has 0 unspecified atom stereocenters. The summed E-state index contributed by atoms with van der Waals surface area (Å²) in [5.74, 6) is -2.63. The van der Waals surface area contributed by atoms with Gasteiger partial charge in [0.2, 0.25) is 0 Å². The molecule has 0 radical (unpaired) electrons. The number of nitrogens with zero attached hydrogens (tertiary/aromatic N) is 2. The van der Waals surface area contributed by atoms with Gasteiger partial charge in [0.25, 0.3) is 0 Å². The Morgan fingerprint density at radius 1 is 1.46 bits per heavy atom. The standard InChI is InChI=1S/C12H17N3O6.C2HF3O2/c1-7(2)20-12(17)19-6-10-18-5-9(21-10)15-4-3-8(13)14-11(15)16;3-2(4,5)1(6)7/h3-4,7,9-10H,5-6H2,1-2H3,(H2,13,14,16);(H,6,7)/t9-,10-;/m0./s1. The Kier molecular flexibility index (Phi) is 8.18. The van der Waals surface area contributed by atoms with E-state index in [1.54, 1.807) is 13.8 Å². The molecule has 14 heteroatoms. The quantitative estimate of drug-likeness (QED) is 0.681. The van der Waals surface area contributed by atoms with E-state index in [9.17, 15) is 22.8 Å². The maximum absolute atomic E-state index is 11.7. The van der Waals surface area contributed by atoms with Crippen LogP contribution in [0.25, 0.3) is 0 Å². The Labute approximate surface area is 155 Å². The molecule has 1 aromatic heterocycles. The molecule has 0 aromatic carbocycles. The SMILES string of the molecule is CC(C)OC(=O)OC[C@H]1OC[C@@H](n2ccc(N)nc2=O)O1.O=C(O)C(F)(F)F. The van der Waals surface area contributed by atoms with Crippen LogP contribution in [0.5, 0.6) is 0 Å². The van der Waals surface area contributed by atoms with Crippen molar-refractivity contribution in [2.75, 3.05) is 18.9 Å². The summed E-state index contributed by atoms with van der Waals surface area (Å²) < 4.78 is 53.4. The van der Waals surface area contributed by atoms with E-state index in [2.05, 4.69) is 4.98 Å². The Morgan fingerprint density at radius 3 is 2.57 bits per heavy atom. The van der Waals surface area contributed by atoms with Gasteiger partial charge in [-0.25, -0.2) is 14.4 Å². The molecule has 2 atom stereocenters. The van der Waals surface area contributed by atoms with E-state index in [4.69, 9.17) is 34.6 Å². The fourth-order valence-corrected chi connectivity index (χ4v) is 1.68. The zero-order valence-corrected chi connectivity index (χ0v) is 14.7. The molecule has 3 N–H and O–H groups in total. The average Bonchev–Trinajstić information content (AvgIpc) is 3.00.